The van der Waals surface area contributed by atoms with Crippen LogP contribution in [0.2, 0.25) is 0 Å². The van der Waals surface area contributed by atoms with Crippen LogP contribution in [0.15, 0.2) is 24.3 Å². The van der Waals surface area contributed by atoms with E-state index in [1.54, 1.807) is 4.90 Å². The van der Waals surface area contributed by atoms with Crippen LogP contribution in [-0.4, -0.2) is 25.2 Å². The number of nitrogens with one attached hydrogen (secondary N) is 1. The molecule has 1 aromatic carbocycles. The van der Waals surface area contributed by atoms with Crippen molar-refractivity contribution in [2.24, 2.45) is 5.73 Å². The third kappa shape index (κ3) is 2.58. The maximum absolute atomic E-state index is 12.0. The normalized spacial score (nSPS) is 18.7. The van der Waals surface area contributed by atoms with Crippen molar-refractivity contribution in [2.75, 3.05) is 18.0 Å². The highest BCUT2D eigenvalue weighted by atomic mass is 16.2. The summed E-state index contributed by atoms with van der Waals surface area (Å²) in [6, 6.07) is 7.93. The minimum atomic E-state index is -0.0468. The van der Waals surface area contributed by atoms with Gasteiger partial charge >= 0.3 is 6.03 Å². The van der Waals surface area contributed by atoms with E-state index in [-0.39, 0.29) is 12.1 Å². The molecule has 0 radical (unpaired) electrons. The molecule has 1 aliphatic rings. The molecule has 0 bridgehead atoms. The van der Waals surface area contributed by atoms with E-state index >= 15 is 0 Å². The van der Waals surface area contributed by atoms with Crippen molar-refractivity contribution < 1.29 is 4.79 Å². The Morgan fingerprint density at radius 1 is 1.53 bits per heavy atom. The third-order valence-electron chi connectivity index (χ3n) is 2.95. The van der Waals surface area contributed by atoms with Gasteiger partial charge in [-0.25, -0.2) is 4.79 Å². The standard InChI is InChI=1S/C13H19N3O/c1-2-7-15-13(17)16-9-11(14)8-10-5-3-4-6-12(10)16/h3-6,11H,2,7-9,14H2,1H3,(H,15,17). The Balaban J connectivity index is 2.20. The first-order valence-corrected chi connectivity index (χ1v) is 6.11. The molecule has 92 valence electrons. The van der Waals surface area contributed by atoms with Crippen molar-refractivity contribution in [3.63, 3.8) is 0 Å². The number of benzene rings is 1. The first-order chi connectivity index (χ1) is 8.22. The van der Waals surface area contributed by atoms with Crippen molar-refractivity contribution in [2.45, 2.75) is 25.8 Å². The van der Waals surface area contributed by atoms with Crippen LogP contribution in [0.25, 0.3) is 0 Å². The Morgan fingerprint density at radius 3 is 3.06 bits per heavy atom. The number of hydrogen-bond acceptors (Lipinski definition) is 2. The van der Waals surface area contributed by atoms with E-state index in [9.17, 15) is 4.79 Å². The number of carbonyl (C=O) groups is 1. The molecule has 4 nitrogen and oxygen atoms in total. The monoisotopic (exact) mass is 233 g/mol. The molecule has 1 atom stereocenters. The average molecular weight is 233 g/mol. The van der Waals surface area contributed by atoms with Gasteiger partial charge in [-0.3, -0.25) is 4.90 Å². The molecule has 4 heteroatoms. The molecule has 1 aromatic rings. The van der Waals surface area contributed by atoms with Gasteiger partial charge in [0.05, 0.1) is 0 Å². The lowest BCUT2D eigenvalue weighted by molar-refractivity contribution is 0.245. The van der Waals surface area contributed by atoms with Crippen molar-refractivity contribution in [3.05, 3.63) is 29.8 Å². The number of anilines is 1. The Kier molecular flexibility index (Phi) is 3.64. The predicted octanol–water partition coefficient (Wildman–Crippen LogP) is 1.50. The molecule has 3 N–H and O–H groups in total. The molecular formula is C13H19N3O. The Bertz CT molecular complexity index is 405. The van der Waals surface area contributed by atoms with E-state index in [0.717, 1.165) is 24.1 Å². The number of amides is 2. The summed E-state index contributed by atoms with van der Waals surface area (Å²) in [5.41, 5.74) is 8.12. The van der Waals surface area contributed by atoms with E-state index in [2.05, 4.69) is 5.32 Å². The molecule has 1 heterocycles. The molecule has 0 saturated carbocycles. The van der Waals surface area contributed by atoms with Crippen LogP contribution in [0.5, 0.6) is 0 Å². The minimum Gasteiger partial charge on any atom is -0.338 e. The minimum absolute atomic E-state index is 0.0253. The van der Waals surface area contributed by atoms with E-state index in [1.807, 2.05) is 31.2 Å². The molecule has 0 saturated heterocycles. The zero-order valence-electron chi connectivity index (χ0n) is 10.1. The lowest BCUT2D eigenvalue weighted by Crippen LogP contribution is -2.50. The highest BCUT2D eigenvalue weighted by molar-refractivity contribution is 5.93. The molecule has 2 rings (SSSR count). The molecule has 0 aromatic heterocycles. The second-order valence-electron chi connectivity index (χ2n) is 4.44. The fourth-order valence-electron chi connectivity index (χ4n) is 2.15. The molecule has 1 aliphatic heterocycles. The molecule has 0 aliphatic carbocycles. The third-order valence-corrected chi connectivity index (χ3v) is 2.95. The van der Waals surface area contributed by atoms with Gasteiger partial charge in [-0.1, -0.05) is 25.1 Å². The highest BCUT2D eigenvalue weighted by Crippen LogP contribution is 2.26. The van der Waals surface area contributed by atoms with Crippen molar-refractivity contribution in [1.29, 1.82) is 0 Å². The number of hydrogen-bond donors (Lipinski definition) is 2. The highest BCUT2D eigenvalue weighted by Gasteiger charge is 2.25. The van der Waals surface area contributed by atoms with E-state index in [1.165, 1.54) is 0 Å². The topological polar surface area (TPSA) is 58.4 Å². The fourth-order valence-corrected chi connectivity index (χ4v) is 2.15. The Morgan fingerprint density at radius 2 is 2.29 bits per heavy atom. The summed E-state index contributed by atoms with van der Waals surface area (Å²) in [5.74, 6) is 0. The molecule has 0 spiro atoms. The molecule has 1 unspecified atom stereocenters. The van der Waals surface area contributed by atoms with Gasteiger partial charge in [0.2, 0.25) is 0 Å². The second-order valence-corrected chi connectivity index (χ2v) is 4.44. The van der Waals surface area contributed by atoms with Gasteiger partial charge < -0.3 is 11.1 Å². The van der Waals surface area contributed by atoms with Gasteiger partial charge in [0.1, 0.15) is 0 Å². The van der Waals surface area contributed by atoms with Crippen LogP contribution in [0.1, 0.15) is 18.9 Å². The van der Waals surface area contributed by atoms with Gasteiger partial charge in [-0.05, 0) is 24.5 Å². The summed E-state index contributed by atoms with van der Waals surface area (Å²) in [4.78, 5) is 13.8. The number of para-hydroxylation sites is 1. The summed E-state index contributed by atoms with van der Waals surface area (Å²) < 4.78 is 0. The maximum Gasteiger partial charge on any atom is 0.321 e. The predicted molar refractivity (Wildman–Crippen MR) is 69.2 cm³/mol. The largest absolute Gasteiger partial charge is 0.338 e. The van der Waals surface area contributed by atoms with Crippen LogP contribution in [0.4, 0.5) is 10.5 Å². The van der Waals surface area contributed by atoms with Gasteiger partial charge in [-0.2, -0.15) is 0 Å². The number of urea groups is 1. The van der Waals surface area contributed by atoms with Crippen LogP contribution in [-0.2, 0) is 6.42 Å². The summed E-state index contributed by atoms with van der Waals surface area (Å²) in [7, 11) is 0. The van der Waals surface area contributed by atoms with E-state index in [4.69, 9.17) is 5.73 Å². The quantitative estimate of drug-likeness (QED) is 0.813. The molecule has 17 heavy (non-hydrogen) atoms. The van der Waals surface area contributed by atoms with Crippen LogP contribution in [0, 0.1) is 0 Å². The first kappa shape index (κ1) is 11.9. The zero-order valence-corrected chi connectivity index (χ0v) is 10.1. The van der Waals surface area contributed by atoms with Gasteiger partial charge in [0.15, 0.2) is 0 Å². The zero-order chi connectivity index (χ0) is 12.3. The fraction of sp³-hybridized carbons (Fsp3) is 0.462. The average Bonchev–Trinajstić information content (AvgIpc) is 2.34. The summed E-state index contributed by atoms with van der Waals surface area (Å²) >= 11 is 0. The molecular weight excluding hydrogens is 214 g/mol. The van der Waals surface area contributed by atoms with E-state index < -0.39 is 0 Å². The van der Waals surface area contributed by atoms with Crippen molar-refractivity contribution in [1.82, 2.24) is 5.32 Å². The molecule has 0 fully saturated rings. The maximum atomic E-state index is 12.0. The smallest absolute Gasteiger partial charge is 0.321 e. The van der Waals surface area contributed by atoms with Crippen LogP contribution < -0.4 is 16.0 Å². The lowest BCUT2D eigenvalue weighted by Gasteiger charge is -2.32. The lowest BCUT2D eigenvalue weighted by atomic mass is 9.99. The van der Waals surface area contributed by atoms with Crippen LogP contribution >= 0.6 is 0 Å². The summed E-state index contributed by atoms with van der Waals surface area (Å²) in [5, 5.41) is 2.89. The van der Waals surface area contributed by atoms with Gasteiger partial charge in [0.25, 0.3) is 0 Å². The number of nitrogens with two attached hydrogens (primary N) is 1. The summed E-state index contributed by atoms with van der Waals surface area (Å²) in [6.07, 6.45) is 1.78. The SMILES string of the molecule is CCCNC(=O)N1CC(N)Cc2ccccc21. The Hall–Kier alpha value is -1.55. The van der Waals surface area contributed by atoms with Crippen LogP contribution in [0.3, 0.4) is 0 Å². The van der Waals surface area contributed by atoms with Crippen molar-refractivity contribution in [3.8, 4) is 0 Å². The van der Waals surface area contributed by atoms with Gasteiger partial charge in [0, 0.05) is 24.8 Å². The Labute approximate surface area is 102 Å². The van der Waals surface area contributed by atoms with Gasteiger partial charge in [-0.15, -0.1) is 0 Å². The summed E-state index contributed by atoms with van der Waals surface area (Å²) in [6.45, 7) is 3.33. The number of nitrogens with zero attached hydrogens (tertiary/aromatic N) is 1. The molecule has 2 amide bonds. The number of fused-ring (bicyclic) bond motifs is 1. The van der Waals surface area contributed by atoms with Crippen molar-refractivity contribution >= 4 is 11.7 Å². The van der Waals surface area contributed by atoms with E-state index in [0.29, 0.717) is 13.1 Å². The first-order valence-electron chi connectivity index (χ1n) is 6.11. The number of carbonyl (C=O) groups excluding carboxylic acids is 1. The second kappa shape index (κ2) is 5.19. The number of rotatable bonds is 2.